The van der Waals surface area contributed by atoms with E-state index in [0.29, 0.717) is 11.3 Å². The summed E-state index contributed by atoms with van der Waals surface area (Å²) < 4.78 is 29.7. The number of nitriles is 1. The lowest BCUT2D eigenvalue weighted by atomic mass is 10.2. The second-order valence-corrected chi connectivity index (χ2v) is 7.46. The zero-order chi connectivity index (χ0) is 20.0. The van der Waals surface area contributed by atoms with Crippen LogP contribution in [0, 0.1) is 11.3 Å². The number of esters is 1. The van der Waals surface area contributed by atoms with E-state index in [1.807, 2.05) is 6.07 Å². The van der Waals surface area contributed by atoms with Gasteiger partial charge in [-0.05, 0) is 42.5 Å². The molecule has 2 rings (SSSR count). The van der Waals surface area contributed by atoms with Crippen LogP contribution in [0.3, 0.4) is 0 Å². The lowest BCUT2D eigenvalue weighted by Gasteiger charge is -2.22. The Labute approximate surface area is 157 Å². The van der Waals surface area contributed by atoms with E-state index in [0.717, 1.165) is 10.6 Å². The van der Waals surface area contributed by atoms with Gasteiger partial charge in [0.1, 0.15) is 6.54 Å². The number of benzene rings is 2. The number of nitrogens with zero attached hydrogens (tertiary/aromatic N) is 2. The third-order valence-electron chi connectivity index (χ3n) is 3.54. The van der Waals surface area contributed by atoms with Crippen molar-refractivity contribution in [3.05, 3.63) is 59.7 Å². The van der Waals surface area contributed by atoms with Gasteiger partial charge in [0, 0.05) is 5.69 Å². The van der Waals surface area contributed by atoms with E-state index >= 15 is 0 Å². The van der Waals surface area contributed by atoms with Crippen LogP contribution in [0.25, 0.3) is 0 Å². The molecule has 0 atom stereocenters. The van der Waals surface area contributed by atoms with Crippen LogP contribution in [0.1, 0.15) is 15.9 Å². The van der Waals surface area contributed by atoms with E-state index in [-0.39, 0.29) is 11.3 Å². The molecule has 1 amide bonds. The number of hydrogen-bond donors (Lipinski definition) is 1. The molecule has 0 spiro atoms. The first-order chi connectivity index (χ1) is 12.7. The summed E-state index contributed by atoms with van der Waals surface area (Å²) >= 11 is 0. The molecule has 8 nitrogen and oxygen atoms in total. The van der Waals surface area contributed by atoms with Crippen molar-refractivity contribution in [3.63, 3.8) is 0 Å². The number of hydrogen-bond acceptors (Lipinski definition) is 6. The number of amides is 1. The lowest BCUT2D eigenvalue weighted by Crippen LogP contribution is -2.37. The molecule has 2 aromatic carbocycles. The molecule has 0 fully saturated rings. The lowest BCUT2D eigenvalue weighted by molar-refractivity contribution is -0.114. The Hall–Kier alpha value is -3.38. The van der Waals surface area contributed by atoms with E-state index in [1.165, 1.54) is 55.6 Å². The standard InChI is InChI=1S/C18H17N3O5S/c1-26-18(23)14-6-8-15(9-7-14)20-17(22)12-21(27(2,24)25)16-5-3-4-13(10-16)11-19/h3-10H,12H2,1-2H3,(H,20,22). The van der Waals surface area contributed by atoms with Crippen LogP contribution >= 0.6 is 0 Å². The maximum Gasteiger partial charge on any atom is 0.337 e. The highest BCUT2D eigenvalue weighted by atomic mass is 32.2. The first-order valence-electron chi connectivity index (χ1n) is 7.70. The summed E-state index contributed by atoms with van der Waals surface area (Å²) in [6.07, 6.45) is 0.977. The minimum absolute atomic E-state index is 0.215. The molecule has 2 aromatic rings. The molecule has 0 aliphatic rings. The quantitative estimate of drug-likeness (QED) is 0.755. The highest BCUT2D eigenvalue weighted by Gasteiger charge is 2.21. The van der Waals surface area contributed by atoms with E-state index in [9.17, 15) is 18.0 Å². The van der Waals surface area contributed by atoms with Crippen LogP contribution in [0.5, 0.6) is 0 Å². The number of nitrogens with one attached hydrogen (secondary N) is 1. The predicted octanol–water partition coefficient (Wildman–Crippen LogP) is 1.75. The number of carbonyl (C=O) groups excluding carboxylic acids is 2. The van der Waals surface area contributed by atoms with Crippen molar-refractivity contribution in [2.45, 2.75) is 0 Å². The molecule has 0 unspecified atom stereocenters. The molecule has 0 bridgehead atoms. The van der Waals surface area contributed by atoms with Crippen molar-refractivity contribution in [2.24, 2.45) is 0 Å². The van der Waals surface area contributed by atoms with E-state index < -0.39 is 28.4 Å². The molecule has 0 aliphatic carbocycles. The maximum absolute atomic E-state index is 12.3. The van der Waals surface area contributed by atoms with Gasteiger partial charge in [0.05, 0.1) is 36.2 Å². The molecular weight excluding hydrogens is 370 g/mol. The Morgan fingerprint density at radius 2 is 1.85 bits per heavy atom. The summed E-state index contributed by atoms with van der Waals surface area (Å²) in [4.78, 5) is 23.7. The van der Waals surface area contributed by atoms with Gasteiger partial charge in [-0.2, -0.15) is 5.26 Å². The monoisotopic (exact) mass is 387 g/mol. The van der Waals surface area contributed by atoms with Crippen LogP contribution in [0.2, 0.25) is 0 Å². The smallest absolute Gasteiger partial charge is 0.337 e. The van der Waals surface area contributed by atoms with E-state index in [1.54, 1.807) is 0 Å². The molecule has 140 valence electrons. The van der Waals surface area contributed by atoms with Crippen LogP contribution in [-0.2, 0) is 19.6 Å². The van der Waals surface area contributed by atoms with E-state index in [4.69, 9.17) is 5.26 Å². The second kappa shape index (κ2) is 8.33. The molecule has 1 N–H and O–H groups in total. The van der Waals surface area contributed by atoms with Crippen LogP contribution in [-0.4, -0.2) is 40.2 Å². The Morgan fingerprint density at radius 3 is 2.41 bits per heavy atom. The molecule has 0 radical (unpaired) electrons. The zero-order valence-corrected chi connectivity index (χ0v) is 15.5. The fourth-order valence-corrected chi connectivity index (χ4v) is 3.12. The Morgan fingerprint density at radius 1 is 1.19 bits per heavy atom. The van der Waals surface area contributed by atoms with Gasteiger partial charge in [-0.25, -0.2) is 13.2 Å². The van der Waals surface area contributed by atoms with Crippen LogP contribution in [0.4, 0.5) is 11.4 Å². The summed E-state index contributed by atoms with van der Waals surface area (Å²) in [5.41, 5.74) is 1.21. The number of ether oxygens (including phenoxy) is 1. The second-order valence-electron chi connectivity index (χ2n) is 5.55. The van der Waals surface area contributed by atoms with Gasteiger partial charge in [-0.3, -0.25) is 9.10 Å². The van der Waals surface area contributed by atoms with Gasteiger partial charge < -0.3 is 10.1 Å². The highest BCUT2D eigenvalue weighted by Crippen LogP contribution is 2.19. The van der Waals surface area contributed by atoms with Gasteiger partial charge in [-0.1, -0.05) is 6.07 Å². The fourth-order valence-electron chi connectivity index (χ4n) is 2.27. The van der Waals surface area contributed by atoms with E-state index in [2.05, 4.69) is 10.1 Å². The molecule has 0 aromatic heterocycles. The highest BCUT2D eigenvalue weighted by molar-refractivity contribution is 7.92. The van der Waals surface area contributed by atoms with Gasteiger partial charge in [0.25, 0.3) is 0 Å². The van der Waals surface area contributed by atoms with Crippen molar-refractivity contribution in [2.75, 3.05) is 29.5 Å². The summed E-state index contributed by atoms with van der Waals surface area (Å²) in [7, 11) is -2.49. The number of anilines is 2. The fraction of sp³-hybridized carbons (Fsp3) is 0.167. The number of rotatable bonds is 6. The summed E-state index contributed by atoms with van der Waals surface area (Å²) in [5.74, 6) is -1.08. The Balaban J connectivity index is 2.17. The topological polar surface area (TPSA) is 117 Å². The van der Waals surface area contributed by atoms with Crippen molar-refractivity contribution in [1.29, 1.82) is 5.26 Å². The summed E-state index contributed by atoms with van der Waals surface area (Å²) in [5, 5.41) is 11.5. The van der Waals surface area contributed by atoms with Gasteiger partial charge in [0.2, 0.25) is 15.9 Å². The Bertz CT molecular complexity index is 994. The third kappa shape index (κ3) is 5.29. The number of sulfonamides is 1. The predicted molar refractivity (Wildman–Crippen MR) is 99.8 cm³/mol. The Kier molecular flexibility index (Phi) is 6.15. The number of carbonyl (C=O) groups is 2. The molecule has 0 aliphatic heterocycles. The van der Waals surface area contributed by atoms with Crippen LogP contribution < -0.4 is 9.62 Å². The van der Waals surface area contributed by atoms with Gasteiger partial charge in [0.15, 0.2) is 0 Å². The van der Waals surface area contributed by atoms with Crippen molar-refractivity contribution >= 4 is 33.3 Å². The first kappa shape index (κ1) is 19.9. The molecule has 0 saturated carbocycles. The normalized spacial score (nSPS) is 10.6. The molecule has 0 heterocycles. The van der Waals surface area contributed by atoms with Gasteiger partial charge >= 0.3 is 5.97 Å². The van der Waals surface area contributed by atoms with Crippen molar-refractivity contribution in [1.82, 2.24) is 0 Å². The average Bonchev–Trinajstić information content (AvgIpc) is 2.65. The van der Waals surface area contributed by atoms with Crippen molar-refractivity contribution in [3.8, 4) is 6.07 Å². The van der Waals surface area contributed by atoms with Crippen LogP contribution in [0.15, 0.2) is 48.5 Å². The minimum Gasteiger partial charge on any atom is -0.465 e. The largest absolute Gasteiger partial charge is 0.465 e. The third-order valence-corrected chi connectivity index (χ3v) is 4.68. The number of methoxy groups -OCH3 is 1. The summed E-state index contributed by atoms with van der Waals surface area (Å²) in [6, 6.07) is 13.9. The molecule has 27 heavy (non-hydrogen) atoms. The minimum atomic E-state index is -3.75. The molecule has 0 saturated heterocycles. The SMILES string of the molecule is COC(=O)c1ccc(NC(=O)CN(c2cccc(C#N)c2)S(C)(=O)=O)cc1. The zero-order valence-electron chi connectivity index (χ0n) is 14.7. The maximum atomic E-state index is 12.3. The summed E-state index contributed by atoms with van der Waals surface area (Å²) in [6.45, 7) is -0.466. The first-order valence-corrected chi connectivity index (χ1v) is 9.55. The average molecular weight is 387 g/mol. The van der Waals surface area contributed by atoms with Gasteiger partial charge in [-0.15, -0.1) is 0 Å². The van der Waals surface area contributed by atoms with Crippen molar-refractivity contribution < 1.29 is 22.7 Å². The molecular formula is C18H17N3O5S. The molecule has 9 heteroatoms.